The summed E-state index contributed by atoms with van der Waals surface area (Å²) < 4.78 is 19.7. The molecule has 3 aromatic rings. The number of hydrogen-bond acceptors (Lipinski definition) is 3. The molecule has 0 saturated carbocycles. The van der Waals surface area contributed by atoms with Crippen LogP contribution in [0.4, 0.5) is 4.39 Å². The molecule has 0 unspecified atom stereocenters. The van der Waals surface area contributed by atoms with Crippen molar-refractivity contribution >= 4 is 11.7 Å². The van der Waals surface area contributed by atoms with Crippen LogP contribution in [0.3, 0.4) is 0 Å². The molecular formula is C24H20FNO3. The third-order valence-electron chi connectivity index (χ3n) is 5.03. The lowest BCUT2D eigenvalue weighted by atomic mass is 9.95. The molecule has 1 heterocycles. The second kappa shape index (κ2) is 7.87. The second-order valence-electron chi connectivity index (χ2n) is 7.06. The van der Waals surface area contributed by atoms with Crippen molar-refractivity contribution in [3.8, 4) is 16.9 Å². The van der Waals surface area contributed by atoms with Gasteiger partial charge in [0.25, 0.3) is 5.91 Å². The lowest BCUT2D eigenvalue weighted by molar-refractivity contribution is 0.0929. The minimum absolute atomic E-state index is 0.0195. The SMILES string of the molecule is CC(=O)c1ccccc1-c1ccc2c(c1)C[C@H](CNC(=O)c1ccccc1F)O2. The molecule has 0 saturated heterocycles. The fraction of sp³-hybridized carbons (Fsp3) is 0.167. The maximum Gasteiger partial charge on any atom is 0.254 e. The van der Waals surface area contributed by atoms with Crippen LogP contribution in [-0.2, 0) is 6.42 Å². The Morgan fingerprint density at radius 1 is 1.03 bits per heavy atom. The summed E-state index contributed by atoms with van der Waals surface area (Å²) in [5.74, 6) is -0.224. The molecule has 1 N–H and O–H groups in total. The molecular weight excluding hydrogens is 369 g/mol. The lowest BCUT2D eigenvalue weighted by Gasteiger charge is -2.12. The number of halogens is 1. The summed E-state index contributed by atoms with van der Waals surface area (Å²) in [4.78, 5) is 24.1. The molecule has 0 bridgehead atoms. The summed E-state index contributed by atoms with van der Waals surface area (Å²) in [6.07, 6.45) is 0.405. The number of carbonyl (C=O) groups is 2. The average Bonchev–Trinajstić information content (AvgIpc) is 3.14. The molecule has 1 atom stereocenters. The molecule has 0 aromatic heterocycles. The molecule has 0 spiro atoms. The summed E-state index contributed by atoms with van der Waals surface area (Å²) in [5.41, 5.74) is 3.56. The van der Waals surface area contributed by atoms with Crippen LogP contribution in [-0.4, -0.2) is 24.3 Å². The van der Waals surface area contributed by atoms with Crippen molar-refractivity contribution in [2.24, 2.45) is 0 Å². The van der Waals surface area contributed by atoms with Gasteiger partial charge in [0, 0.05) is 12.0 Å². The first-order chi connectivity index (χ1) is 14.0. The van der Waals surface area contributed by atoms with E-state index in [4.69, 9.17) is 4.74 Å². The summed E-state index contributed by atoms with van der Waals surface area (Å²) in [5, 5.41) is 2.74. The highest BCUT2D eigenvalue weighted by Gasteiger charge is 2.24. The largest absolute Gasteiger partial charge is 0.488 e. The highest BCUT2D eigenvalue weighted by Crippen LogP contribution is 2.34. The van der Waals surface area contributed by atoms with E-state index in [9.17, 15) is 14.0 Å². The molecule has 4 rings (SSSR count). The number of carbonyl (C=O) groups excluding carboxylic acids is 2. The van der Waals surface area contributed by atoms with Gasteiger partial charge in [-0.25, -0.2) is 4.39 Å². The normalized spacial score (nSPS) is 14.8. The Bertz CT molecular complexity index is 1090. The number of hydrogen-bond donors (Lipinski definition) is 1. The lowest BCUT2D eigenvalue weighted by Crippen LogP contribution is -2.34. The molecule has 3 aromatic carbocycles. The van der Waals surface area contributed by atoms with E-state index in [1.54, 1.807) is 19.1 Å². The van der Waals surface area contributed by atoms with Gasteiger partial charge < -0.3 is 10.1 Å². The van der Waals surface area contributed by atoms with E-state index in [-0.39, 0.29) is 24.0 Å². The van der Waals surface area contributed by atoms with Crippen molar-refractivity contribution < 1.29 is 18.7 Å². The average molecular weight is 389 g/mol. The van der Waals surface area contributed by atoms with Crippen LogP contribution in [0.1, 0.15) is 33.2 Å². The molecule has 29 heavy (non-hydrogen) atoms. The third-order valence-corrected chi connectivity index (χ3v) is 5.03. The summed E-state index contributed by atoms with van der Waals surface area (Å²) in [6, 6.07) is 19.2. The predicted molar refractivity (Wildman–Crippen MR) is 109 cm³/mol. The van der Waals surface area contributed by atoms with Gasteiger partial charge in [-0.2, -0.15) is 0 Å². The maximum atomic E-state index is 13.7. The zero-order valence-corrected chi connectivity index (χ0v) is 15.9. The van der Waals surface area contributed by atoms with Gasteiger partial charge in [0.15, 0.2) is 5.78 Å². The van der Waals surface area contributed by atoms with E-state index in [0.29, 0.717) is 12.0 Å². The first-order valence-electron chi connectivity index (χ1n) is 9.45. The molecule has 4 nitrogen and oxygen atoms in total. The fourth-order valence-electron chi connectivity index (χ4n) is 3.59. The topological polar surface area (TPSA) is 55.4 Å². The van der Waals surface area contributed by atoms with E-state index < -0.39 is 11.7 Å². The summed E-state index contributed by atoms with van der Waals surface area (Å²) in [6.45, 7) is 1.84. The van der Waals surface area contributed by atoms with Gasteiger partial charge in [-0.1, -0.05) is 42.5 Å². The Morgan fingerprint density at radius 2 is 1.76 bits per heavy atom. The number of ether oxygens (including phenoxy) is 1. The fourth-order valence-corrected chi connectivity index (χ4v) is 3.59. The van der Waals surface area contributed by atoms with Crippen molar-refractivity contribution in [2.75, 3.05) is 6.54 Å². The minimum atomic E-state index is -0.547. The van der Waals surface area contributed by atoms with Crippen LogP contribution >= 0.6 is 0 Å². The molecule has 1 aliphatic heterocycles. The number of fused-ring (bicyclic) bond motifs is 1. The van der Waals surface area contributed by atoms with E-state index in [1.165, 1.54) is 12.1 Å². The third kappa shape index (κ3) is 3.90. The van der Waals surface area contributed by atoms with E-state index in [2.05, 4.69) is 5.32 Å². The standard InChI is InChI=1S/C24H20FNO3/c1-15(27)19-6-2-3-7-20(19)16-10-11-23-17(12-16)13-18(29-23)14-26-24(28)21-8-4-5-9-22(21)25/h2-12,18H,13-14H2,1H3,(H,26,28)/t18-/m1/s1. The number of nitrogens with one attached hydrogen (secondary N) is 1. The van der Waals surface area contributed by atoms with Crippen molar-refractivity contribution in [2.45, 2.75) is 19.4 Å². The van der Waals surface area contributed by atoms with Crippen LogP contribution in [0, 0.1) is 5.82 Å². The van der Waals surface area contributed by atoms with E-state index in [0.717, 1.165) is 22.4 Å². The Hall–Kier alpha value is -3.47. The molecule has 0 radical (unpaired) electrons. The first-order valence-corrected chi connectivity index (χ1v) is 9.45. The summed E-state index contributed by atoms with van der Waals surface area (Å²) >= 11 is 0. The van der Waals surface area contributed by atoms with Crippen LogP contribution in [0.5, 0.6) is 5.75 Å². The van der Waals surface area contributed by atoms with Gasteiger partial charge in [0.1, 0.15) is 17.7 Å². The van der Waals surface area contributed by atoms with Gasteiger partial charge >= 0.3 is 0 Å². The number of amides is 1. The number of rotatable bonds is 5. The molecule has 146 valence electrons. The van der Waals surface area contributed by atoms with E-state index in [1.807, 2.05) is 42.5 Å². The van der Waals surface area contributed by atoms with Gasteiger partial charge in [-0.05, 0) is 47.9 Å². The predicted octanol–water partition coefficient (Wildman–Crippen LogP) is 4.43. The highest BCUT2D eigenvalue weighted by atomic mass is 19.1. The molecule has 0 fully saturated rings. The number of ketones is 1. The minimum Gasteiger partial charge on any atom is -0.488 e. The molecule has 0 aliphatic carbocycles. The quantitative estimate of drug-likeness (QED) is 0.657. The zero-order chi connectivity index (χ0) is 20.4. The Balaban J connectivity index is 1.46. The van der Waals surface area contributed by atoms with Gasteiger partial charge in [0.2, 0.25) is 0 Å². The van der Waals surface area contributed by atoms with Crippen LogP contribution in [0.15, 0.2) is 66.7 Å². The van der Waals surface area contributed by atoms with Crippen molar-refractivity contribution in [1.29, 1.82) is 0 Å². The zero-order valence-electron chi connectivity index (χ0n) is 15.9. The number of benzene rings is 3. The Kier molecular flexibility index (Phi) is 5.12. The Labute approximate surface area is 168 Å². The molecule has 5 heteroatoms. The Morgan fingerprint density at radius 3 is 2.52 bits per heavy atom. The second-order valence-corrected chi connectivity index (χ2v) is 7.06. The monoisotopic (exact) mass is 389 g/mol. The van der Waals surface area contributed by atoms with Crippen LogP contribution < -0.4 is 10.1 Å². The highest BCUT2D eigenvalue weighted by molar-refractivity contribution is 6.00. The van der Waals surface area contributed by atoms with Crippen LogP contribution in [0.25, 0.3) is 11.1 Å². The van der Waals surface area contributed by atoms with Gasteiger partial charge in [-0.15, -0.1) is 0 Å². The molecule has 1 aliphatic rings. The number of Topliss-reactive ketones (excluding diaryl/α,β-unsaturated/α-hetero) is 1. The smallest absolute Gasteiger partial charge is 0.254 e. The van der Waals surface area contributed by atoms with Crippen molar-refractivity contribution in [1.82, 2.24) is 5.32 Å². The van der Waals surface area contributed by atoms with Gasteiger partial charge in [-0.3, -0.25) is 9.59 Å². The van der Waals surface area contributed by atoms with E-state index >= 15 is 0 Å². The molecule has 1 amide bonds. The van der Waals surface area contributed by atoms with Crippen molar-refractivity contribution in [3.63, 3.8) is 0 Å². The summed E-state index contributed by atoms with van der Waals surface area (Å²) in [7, 11) is 0. The van der Waals surface area contributed by atoms with Crippen molar-refractivity contribution in [3.05, 3.63) is 89.2 Å². The van der Waals surface area contributed by atoms with Crippen LogP contribution in [0.2, 0.25) is 0 Å². The van der Waals surface area contributed by atoms with Gasteiger partial charge in [0.05, 0.1) is 12.1 Å². The first kappa shape index (κ1) is 18.9. The maximum absolute atomic E-state index is 13.7.